The fourth-order valence-corrected chi connectivity index (χ4v) is 2.56. The van der Waals surface area contributed by atoms with Crippen LogP contribution in [0.2, 0.25) is 0 Å². The van der Waals surface area contributed by atoms with Crippen LogP contribution in [0.15, 0.2) is 24.3 Å². The molecular weight excluding hydrogens is 194 g/mol. The molecule has 0 fully saturated rings. The molecule has 1 aromatic rings. The molecule has 0 bridgehead atoms. The Kier molecular flexibility index (Phi) is 3.64. The van der Waals surface area contributed by atoms with E-state index in [4.69, 9.17) is 0 Å². The summed E-state index contributed by atoms with van der Waals surface area (Å²) in [6, 6.07) is 9.36. The van der Waals surface area contributed by atoms with Crippen LogP contribution in [0.25, 0.3) is 0 Å². The van der Waals surface area contributed by atoms with Crippen LogP contribution < -0.4 is 5.32 Å². The fourth-order valence-electron chi connectivity index (χ4n) is 2.56. The van der Waals surface area contributed by atoms with E-state index in [0.717, 1.165) is 12.8 Å². The predicted octanol–water partition coefficient (Wildman–Crippen LogP) is 2.72. The number of nitrogens with one attached hydrogen (secondary N) is 1. The van der Waals surface area contributed by atoms with Crippen molar-refractivity contribution in [1.82, 2.24) is 5.32 Å². The molecule has 0 heterocycles. The summed E-state index contributed by atoms with van der Waals surface area (Å²) in [4.78, 5) is 0. The van der Waals surface area contributed by atoms with Crippen molar-refractivity contribution < 1.29 is 0 Å². The molecule has 1 aliphatic rings. The van der Waals surface area contributed by atoms with Gasteiger partial charge < -0.3 is 5.32 Å². The fraction of sp³-hybridized carbons (Fsp3) is 0.467. The molecule has 0 saturated carbocycles. The van der Waals surface area contributed by atoms with Crippen molar-refractivity contribution in [3.8, 4) is 11.8 Å². The Bertz CT molecular complexity index is 411. The Morgan fingerprint density at radius 2 is 2.25 bits per heavy atom. The molecule has 1 nitrogen and oxygen atoms in total. The summed E-state index contributed by atoms with van der Waals surface area (Å²) >= 11 is 0. The van der Waals surface area contributed by atoms with Crippen molar-refractivity contribution >= 4 is 0 Å². The summed E-state index contributed by atoms with van der Waals surface area (Å²) in [6.45, 7) is 1.91. The highest BCUT2D eigenvalue weighted by atomic mass is 14.9. The third-order valence-corrected chi connectivity index (χ3v) is 3.51. The summed E-state index contributed by atoms with van der Waals surface area (Å²) in [5.74, 6) is 6.81. The second-order valence-electron chi connectivity index (χ2n) is 4.37. The first-order valence-electron chi connectivity index (χ1n) is 6.01. The van der Waals surface area contributed by atoms with E-state index in [1.54, 1.807) is 0 Å². The summed E-state index contributed by atoms with van der Waals surface area (Å²) in [7, 11) is 2.06. The number of rotatable bonds is 4. The van der Waals surface area contributed by atoms with Gasteiger partial charge in [0.05, 0.1) is 0 Å². The average Bonchev–Trinajstić information content (AvgIpc) is 2.29. The molecule has 0 aliphatic heterocycles. The second-order valence-corrected chi connectivity index (χ2v) is 4.37. The van der Waals surface area contributed by atoms with E-state index < -0.39 is 0 Å². The molecule has 2 rings (SSSR count). The van der Waals surface area contributed by atoms with Crippen LogP contribution in [0.5, 0.6) is 0 Å². The number of likely N-dealkylation sites (N-methyl/N-ethyl adjacent to an activating group) is 1. The van der Waals surface area contributed by atoms with Crippen LogP contribution >= 0.6 is 0 Å². The van der Waals surface area contributed by atoms with Crippen molar-refractivity contribution in [3.05, 3.63) is 35.4 Å². The zero-order valence-corrected chi connectivity index (χ0v) is 10.1. The Morgan fingerprint density at radius 3 is 2.94 bits per heavy atom. The highest BCUT2D eigenvalue weighted by Gasteiger charge is 2.31. The predicted molar refractivity (Wildman–Crippen MR) is 68.4 cm³/mol. The normalized spacial score (nSPS) is 19.0. The standard InChI is InChI=1S/C15H19N/c1-3-4-5-10-15(16-2)14-11-12-8-6-7-9-13(12)14/h6-9,14-16H,5,10-11H2,1-2H3. The van der Waals surface area contributed by atoms with Gasteiger partial charge in [0.25, 0.3) is 0 Å². The van der Waals surface area contributed by atoms with Crippen LogP contribution in [0.4, 0.5) is 0 Å². The van der Waals surface area contributed by atoms with E-state index in [-0.39, 0.29) is 0 Å². The molecule has 0 amide bonds. The number of hydrogen-bond donors (Lipinski definition) is 1. The largest absolute Gasteiger partial charge is 0.316 e. The number of hydrogen-bond acceptors (Lipinski definition) is 1. The minimum absolute atomic E-state index is 0.579. The molecule has 0 spiro atoms. The zero-order chi connectivity index (χ0) is 11.4. The van der Waals surface area contributed by atoms with E-state index in [2.05, 4.69) is 48.5 Å². The first kappa shape index (κ1) is 11.2. The molecule has 1 aromatic carbocycles. The Labute approximate surface area is 98.3 Å². The van der Waals surface area contributed by atoms with Gasteiger partial charge in [0, 0.05) is 18.4 Å². The maximum atomic E-state index is 3.44. The van der Waals surface area contributed by atoms with Crippen LogP contribution in [0, 0.1) is 11.8 Å². The maximum absolute atomic E-state index is 3.44. The maximum Gasteiger partial charge on any atom is 0.0145 e. The molecule has 1 N–H and O–H groups in total. The quantitative estimate of drug-likeness (QED) is 0.758. The number of fused-ring (bicyclic) bond motifs is 1. The van der Waals surface area contributed by atoms with Gasteiger partial charge in [-0.2, -0.15) is 0 Å². The van der Waals surface area contributed by atoms with Crippen molar-refractivity contribution in [2.24, 2.45) is 0 Å². The van der Waals surface area contributed by atoms with E-state index in [0.29, 0.717) is 12.0 Å². The third kappa shape index (κ3) is 2.13. The molecule has 0 saturated heterocycles. The lowest BCUT2D eigenvalue weighted by Gasteiger charge is -2.36. The van der Waals surface area contributed by atoms with Crippen molar-refractivity contribution in [2.45, 2.75) is 38.1 Å². The molecule has 16 heavy (non-hydrogen) atoms. The van der Waals surface area contributed by atoms with Gasteiger partial charge >= 0.3 is 0 Å². The molecule has 2 unspecified atom stereocenters. The van der Waals surface area contributed by atoms with Crippen molar-refractivity contribution in [2.75, 3.05) is 7.05 Å². The minimum Gasteiger partial charge on any atom is -0.316 e. The van der Waals surface area contributed by atoms with E-state index in [1.165, 1.54) is 17.5 Å². The van der Waals surface area contributed by atoms with Gasteiger partial charge in [-0.05, 0) is 37.9 Å². The summed E-state index contributed by atoms with van der Waals surface area (Å²) in [5.41, 5.74) is 3.06. The van der Waals surface area contributed by atoms with Gasteiger partial charge in [0.1, 0.15) is 0 Å². The molecule has 0 aromatic heterocycles. The first-order chi connectivity index (χ1) is 7.86. The monoisotopic (exact) mass is 213 g/mol. The smallest absolute Gasteiger partial charge is 0.0145 e. The van der Waals surface area contributed by atoms with E-state index in [1.807, 2.05) is 6.92 Å². The molecule has 1 heteroatoms. The van der Waals surface area contributed by atoms with Crippen molar-refractivity contribution in [1.29, 1.82) is 0 Å². The van der Waals surface area contributed by atoms with Gasteiger partial charge in [-0.1, -0.05) is 24.3 Å². The number of benzene rings is 1. The summed E-state index contributed by atoms with van der Waals surface area (Å²) in [5, 5.41) is 3.44. The van der Waals surface area contributed by atoms with Crippen molar-refractivity contribution in [3.63, 3.8) is 0 Å². The molecular formula is C15H19N. The van der Waals surface area contributed by atoms with Gasteiger partial charge in [0.15, 0.2) is 0 Å². The summed E-state index contributed by atoms with van der Waals surface area (Å²) in [6.07, 6.45) is 3.37. The van der Waals surface area contributed by atoms with Gasteiger partial charge in [-0.25, -0.2) is 0 Å². The van der Waals surface area contributed by atoms with E-state index >= 15 is 0 Å². The van der Waals surface area contributed by atoms with Gasteiger partial charge in [0.2, 0.25) is 0 Å². The van der Waals surface area contributed by atoms with Crippen LogP contribution in [0.1, 0.15) is 36.8 Å². The lowest BCUT2D eigenvalue weighted by molar-refractivity contribution is 0.406. The molecule has 2 atom stereocenters. The van der Waals surface area contributed by atoms with Crippen LogP contribution in [-0.4, -0.2) is 13.1 Å². The highest BCUT2D eigenvalue weighted by Crippen LogP contribution is 2.38. The van der Waals surface area contributed by atoms with Crippen LogP contribution in [-0.2, 0) is 6.42 Å². The minimum atomic E-state index is 0.579. The van der Waals surface area contributed by atoms with Gasteiger partial charge in [-0.15, -0.1) is 11.8 Å². The van der Waals surface area contributed by atoms with Gasteiger partial charge in [-0.3, -0.25) is 0 Å². The summed E-state index contributed by atoms with van der Waals surface area (Å²) < 4.78 is 0. The van der Waals surface area contributed by atoms with Crippen LogP contribution in [0.3, 0.4) is 0 Å². The first-order valence-corrected chi connectivity index (χ1v) is 6.01. The lowest BCUT2D eigenvalue weighted by atomic mass is 9.72. The second kappa shape index (κ2) is 5.18. The Morgan fingerprint density at radius 1 is 1.44 bits per heavy atom. The Balaban J connectivity index is 1.99. The molecule has 84 valence electrons. The Hall–Kier alpha value is -1.26. The third-order valence-electron chi connectivity index (χ3n) is 3.51. The molecule has 1 aliphatic carbocycles. The average molecular weight is 213 g/mol. The lowest BCUT2D eigenvalue weighted by Crippen LogP contribution is -2.38. The molecule has 0 radical (unpaired) electrons. The zero-order valence-electron chi connectivity index (χ0n) is 10.1. The highest BCUT2D eigenvalue weighted by molar-refractivity contribution is 5.41. The topological polar surface area (TPSA) is 12.0 Å². The van der Waals surface area contributed by atoms with E-state index in [9.17, 15) is 0 Å². The SMILES string of the molecule is CC#CCCC(NC)C1Cc2ccccc21.